The summed E-state index contributed by atoms with van der Waals surface area (Å²) in [5, 5.41) is 13.1. The minimum Gasteiger partial charge on any atom is -0.412 e. The number of carbonyl (C=O) groups is 2. The number of likely N-dealkylation sites (N-methyl/N-ethyl adjacent to an activating group) is 2. The third kappa shape index (κ3) is 9.03. The maximum atomic E-state index is 13.1. The van der Waals surface area contributed by atoms with E-state index in [4.69, 9.17) is 0 Å². The fraction of sp³-hybridized carbons (Fsp3) is 0.611. The van der Waals surface area contributed by atoms with E-state index < -0.39 is 11.1 Å². The number of carbonyl (C=O) groups excluding carboxylic acids is 2. The second-order valence-electron chi connectivity index (χ2n) is 14.0. The summed E-state index contributed by atoms with van der Waals surface area (Å²) < 4.78 is 0. The van der Waals surface area contributed by atoms with Crippen LogP contribution in [-0.4, -0.2) is 121 Å². The van der Waals surface area contributed by atoms with Gasteiger partial charge in [0.2, 0.25) is 11.8 Å². The molecule has 2 aliphatic heterocycles. The third-order valence-electron chi connectivity index (χ3n) is 9.96. The molecule has 2 fully saturated rings. The fourth-order valence-electron chi connectivity index (χ4n) is 6.69. The van der Waals surface area contributed by atoms with E-state index in [0.717, 1.165) is 96.9 Å². The van der Waals surface area contributed by atoms with Gasteiger partial charge in [0, 0.05) is 50.9 Å². The first-order chi connectivity index (χ1) is 21.6. The predicted octanol–water partition coefficient (Wildman–Crippen LogP) is 3.16. The Bertz CT molecular complexity index is 1210. The molecule has 0 bridgehead atoms. The number of piperidine rings is 2. The topological polar surface area (TPSA) is 127 Å². The van der Waals surface area contributed by atoms with Gasteiger partial charge in [-0.15, -0.1) is 0 Å². The van der Waals surface area contributed by atoms with Crippen molar-refractivity contribution in [1.29, 1.82) is 0 Å². The average Bonchev–Trinajstić information content (AvgIpc) is 3.00. The third-order valence-corrected chi connectivity index (χ3v) is 9.96. The zero-order valence-corrected chi connectivity index (χ0v) is 31.1. The van der Waals surface area contributed by atoms with Gasteiger partial charge in [-0.3, -0.25) is 19.4 Å². The van der Waals surface area contributed by atoms with Crippen LogP contribution in [-0.2, 0) is 9.59 Å². The highest BCUT2D eigenvalue weighted by molar-refractivity contribution is 6.00. The maximum absolute atomic E-state index is 13.1. The standard InChI is InChI=1S/2C18H30N4O.H2O/c2*1-13-11-15(21(3)4)12-14(2)16(13)20-17(23)18(22(5)6)7-9-19-10-8-18;/h2*11-12,19H,7-10H2,1-6H3,(H,20,23);1H2. The quantitative estimate of drug-likeness (QED) is 0.342. The van der Waals surface area contributed by atoms with Crippen molar-refractivity contribution >= 4 is 34.6 Å². The van der Waals surface area contributed by atoms with Gasteiger partial charge in [-0.2, -0.15) is 0 Å². The van der Waals surface area contributed by atoms with Crippen LogP contribution in [0.4, 0.5) is 22.7 Å². The number of aryl methyl sites for hydroxylation is 4. The first-order valence-electron chi connectivity index (χ1n) is 16.5. The Labute approximate surface area is 283 Å². The van der Waals surface area contributed by atoms with E-state index >= 15 is 0 Å². The van der Waals surface area contributed by atoms with Gasteiger partial charge in [0.15, 0.2) is 0 Å². The molecule has 47 heavy (non-hydrogen) atoms. The molecule has 2 aromatic rings. The van der Waals surface area contributed by atoms with Gasteiger partial charge in [0.1, 0.15) is 11.1 Å². The summed E-state index contributed by atoms with van der Waals surface area (Å²) in [4.78, 5) is 34.4. The predicted molar refractivity (Wildman–Crippen MR) is 198 cm³/mol. The minimum absolute atomic E-state index is 0. The second kappa shape index (κ2) is 16.7. The molecule has 0 saturated carbocycles. The van der Waals surface area contributed by atoms with E-state index in [0.29, 0.717) is 0 Å². The Hall–Kier alpha value is -3.22. The molecule has 0 spiro atoms. The van der Waals surface area contributed by atoms with Crippen molar-refractivity contribution in [3.8, 4) is 0 Å². The molecule has 0 atom stereocenters. The molecule has 0 aliphatic carbocycles. The Morgan fingerprint density at radius 2 is 0.809 bits per heavy atom. The normalized spacial score (nSPS) is 16.8. The summed E-state index contributed by atoms with van der Waals surface area (Å²) in [6.45, 7) is 11.7. The summed E-state index contributed by atoms with van der Waals surface area (Å²) in [5.74, 6) is 0.209. The van der Waals surface area contributed by atoms with Gasteiger partial charge in [0.05, 0.1) is 0 Å². The minimum atomic E-state index is -0.426. The Kier molecular flexibility index (Phi) is 14.2. The molecule has 0 unspecified atom stereocenters. The number of hydrogen-bond donors (Lipinski definition) is 4. The van der Waals surface area contributed by atoms with Gasteiger partial charge in [-0.25, -0.2) is 0 Å². The van der Waals surface area contributed by atoms with E-state index in [1.807, 2.05) is 56.4 Å². The Balaban J connectivity index is 0.000000320. The fourth-order valence-corrected chi connectivity index (χ4v) is 6.69. The number of anilines is 4. The molecule has 2 aromatic carbocycles. The van der Waals surface area contributed by atoms with E-state index in [-0.39, 0.29) is 17.3 Å². The van der Waals surface area contributed by atoms with Crippen molar-refractivity contribution in [3.63, 3.8) is 0 Å². The number of nitrogens with one attached hydrogen (secondary N) is 4. The maximum Gasteiger partial charge on any atom is 0.244 e. The molecule has 264 valence electrons. The lowest BCUT2D eigenvalue weighted by Crippen LogP contribution is -2.59. The summed E-state index contributed by atoms with van der Waals surface area (Å²) in [6, 6.07) is 8.47. The molecule has 11 heteroatoms. The van der Waals surface area contributed by atoms with Crippen molar-refractivity contribution < 1.29 is 15.1 Å². The SMILES string of the molecule is Cc1cc(N(C)C)cc(C)c1NC(=O)C1(N(C)C)CCNCC1.Cc1cc(N(C)C)cc(C)c1NC(=O)C1(N(C)C)CCNCC1.O. The van der Waals surface area contributed by atoms with Crippen molar-refractivity contribution in [1.82, 2.24) is 20.4 Å². The molecule has 0 aromatic heterocycles. The lowest BCUT2D eigenvalue weighted by atomic mass is 9.85. The molecule has 4 rings (SSSR count). The molecule has 11 nitrogen and oxygen atoms in total. The van der Waals surface area contributed by atoms with Crippen molar-refractivity contribution in [3.05, 3.63) is 46.5 Å². The number of nitrogens with zero attached hydrogens (tertiary/aromatic N) is 4. The molecule has 0 radical (unpaired) electrons. The van der Waals surface area contributed by atoms with E-state index in [1.165, 1.54) is 0 Å². The smallest absolute Gasteiger partial charge is 0.244 e. The van der Waals surface area contributed by atoms with E-state index in [9.17, 15) is 9.59 Å². The van der Waals surface area contributed by atoms with Crippen LogP contribution in [0.2, 0.25) is 0 Å². The van der Waals surface area contributed by atoms with Crippen LogP contribution in [0, 0.1) is 27.7 Å². The lowest BCUT2D eigenvalue weighted by Gasteiger charge is -2.41. The summed E-state index contributed by atoms with van der Waals surface area (Å²) in [6.07, 6.45) is 3.33. The van der Waals surface area contributed by atoms with Crippen LogP contribution in [0.15, 0.2) is 24.3 Å². The number of benzene rings is 2. The van der Waals surface area contributed by atoms with Crippen molar-refractivity contribution in [2.75, 3.05) is 103 Å². The molecule has 2 aliphatic rings. The molecule has 6 N–H and O–H groups in total. The summed E-state index contributed by atoms with van der Waals surface area (Å²) in [7, 11) is 16.1. The Morgan fingerprint density at radius 3 is 1.02 bits per heavy atom. The largest absolute Gasteiger partial charge is 0.412 e. The average molecular weight is 655 g/mol. The van der Waals surface area contributed by atoms with Gasteiger partial charge in [-0.05, 0) is 154 Å². The molecule has 2 saturated heterocycles. The van der Waals surface area contributed by atoms with Gasteiger partial charge in [-0.1, -0.05) is 0 Å². The molecule has 2 heterocycles. The van der Waals surface area contributed by atoms with Crippen LogP contribution >= 0.6 is 0 Å². The zero-order chi connectivity index (χ0) is 34.4. The number of hydrogen-bond acceptors (Lipinski definition) is 8. The van der Waals surface area contributed by atoms with Gasteiger partial charge >= 0.3 is 0 Å². The van der Waals surface area contributed by atoms with Gasteiger partial charge in [0.25, 0.3) is 0 Å². The van der Waals surface area contributed by atoms with Crippen LogP contribution in [0.5, 0.6) is 0 Å². The van der Waals surface area contributed by atoms with E-state index in [1.54, 1.807) is 0 Å². The van der Waals surface area contributed by atoms with Crippen molar-refractivity contribution in [2.24, 2.45) is 0 Å². The number of rotatable bonds is 8. The highest BCUT2D eigenvalue weighted by Crippen LogP contribution is 2.32. The zero-order valence-electron chi connectivity index (χ0n) is 31.1. The molecular formula is C36H62N8O3. The van der Waals surface area contributed by atoms with Crippen LogP contribution in [0.1, 0.15) is 47.9 Å². The number of amides is 2. The second-order valence-corrected chi connectivity index (χ2v) is 14.0. The van der Waals surface area contributed by atoms with Crippen LogP contribution in [0.25, 0.3) is 0 Å². The first-order valence-corrected chi connectivity index (χ1v) is 16.5. The lowest BCUT2D eigenvalue weighted by molar-refractivity contribution is -0.129. The summed E-state index contributed by atoms with van der Waals surface area (Å²) >= 11 is 0. The Morgan fingerprint density at radius 1 is 0.553 bits per heavy atom. The van der Waals surface area contributed by atoms with Crippen LogP contribution < -0.4 is 31.1 Å². The highest BCUT2D eigenvalue weighted by Gasteiger charge is 2.43. The molecule has 2 amide bonds. The monoisotopic (exact) mass is 654 g/mol. The molecular weight excluding hydrogens is 592 g/mol. The van der Waals surface area contributed by atoms with Gasteiger partial charge < -0.3 is 36.5 Å². The van der Waals surface area contributed by atoms with Crippen molar-refractivity contribution in [2.45, 2.75) is 64.5 Å². The summed E-state index contributed by atoms with van der Waals surface area (Å²) in [5.41, 5.74) is 7.75. The highest BCUT2D eigenvalue weighted by atomic mass is 16.2. The first kappa shape index (κ1) is 40.0. The van der Waals surface area contributed by atoms with E-state index in [2.05, 4.69) is 92.8 Å². The van der Waals surface area contributed by atoms with Crippen LogP contribution in [0.3, 0.4) is 0 Å².